The molecule has 1 amide bonds. The minimum absolute atomic E-state index is 0.0106. The Morgan fingerprint density at radius 1 is 0.321 bits per heavy atom. The first-order chi connectivity index (χ1) is 41.5. The van der Waals surface area contributed by atoms with Gasteiger partial charge in [0.25, 0.3) is 0 Å². The highest BCUT2D eigenvalue weighted by Gasteiger charge is 2.18. The van der Waals surface area contributed by atoms with Crippen LogP contribution in [-0.2, 0) is 14.3 Å². The van der Waals surface area contributed by atoms with Crippen LogP contribution >= 0.6 is 0 Å². The summed E-state index contributed by atoms with van der Waals surface area (Å²) >= 11 is 0. The topological polar surface area (TPSA) is 95.9 Å². The van der Waals surface area contributed by atoms with Crippen molar-refractivity contribution in [2.45, 2.75) is 437 Å². The first-order valence-corrected chi connectivity index (χ1v) is 38.3. The molecule has 0 radical (unpaired) electrons. The SMILES string of the molecule is CCCCCCCCC/C=C\CCCCCCCC(=O)OCCCCCCCCCCCCCC/C=C\CCCCCCCCCCCCCCCCCC(=O)NC(CO)C(O)/C=C/CCCCCCCCCCCCCCCCCCCC. The highest BCUT2D eigenvalue weighted by molar-refractivity contribution is 5.76. The van der Waals surface area contributed by atoms with E-state index in [1.807, 2.05) is 6.08 Å². The van der Waals surface area contributed by atoms with Crippen LogP contribution in [0.5, 0.6) is 0 Å². The summed E-state index contributed by atoms with van der Waals surface area (Å²) in [5.41, 5.74) is 0. The van der Waals surface area contributed by atoms with Gasteiger partial charge in [-0.25, -0.2) is 0 Å². The number of carbonyl (C=O) groups excluding carboxylic acids is 2. The van der Waals surface area contributed by atoms with Gasteiger partial charge in [-0.2, -0.15) is 0 Å². The number of aliphatic hydroxyl groups excluding tert-OH is 2. The lowest BCUT2D eigenvalue weighted by molar-refractivity contribution is -0.143. The minimum Gasteiger partial charge on any atom is -0.466 e. The average molecular weight is 1180 g/mol. The Morgan fingerprint density at radius 3 is 0.845 bits per heavy atom. The molecule has 0 aromatic rings. The van der Waals surface area contributed by atoms with Gasteiger partial charge in [-0.15, -0.1) is 0 Å². The quantitative estimate of drug-likeness (QED) is 0.0320. The molecular formula is C78H149NO5. The molecule has 0 rings (SSSR count). The number of carbonyl (C=O) groups is 2. The molecule has 0 bridgehead atoms. The molecule has 0 aliphatic carbocycles. The predicted molar refractivity (Wildman–Crippen MR) is 370 cm³/mol. The maximum absolute atomic E-state index is 12.5. The molecule has 84 heavy (non-hydrogen) atoms. The van der Waals surface area contributed by atoms with E-state index in [2.05, 4.69) is 43.5 Å². The Morgan fingerprint density at radius 2 is 0.560 bits per heavy atom. The van der Waals surface area contributed by atoms with E-state index in [0.717, 1.165) is 44.9 Å². The van der Waals surface area contributed by atoms with Crippen molar-refractivity contribution >= 4 is 11.9 Å². The maximum Gasteiger partial charge on any atom is 0.305 e. The molecule has 0 aliphatic rings. The van der Waals surface area contributed by atoms with Crippen molar-refractivity contribution in [1.82, 2.24) is 5.32 Å². The largest absolute Gasteiger partial charge is 0.466 e. The van der Waals surface area contributed by atoms with Crippen molar-refractivity contribution in [2.24, 2.45) is 0 Å². The van der Waals surface area contributed by atoms with Gasteiger partial charge < -0.3 is 20.3 Å². The van der Waals surface area contributed by atoms with E-state index in [1.54, 1.807) is 6.08 Å². The molecule has 0 saturated heterocycles. The molecule has 6 heteroatoms. The monoisotopic (exact) mass is 1180 g/mol. The first-order valence-electron chi connectivity index (χ1n) is 38.3. The van der Waals surface area contributed by atoms with E-state index in [9.17, 15) is 19.8 Å². The summed E-state index contributed by atoms with van der Waals surface area (Å²) in [7, 11) is 0. The van der Waals surface area contributed by atoms with E-state index >= 15 is 0 Å². The molecule has 0 spiro atoms. The third kappa shape index (κ3) is 69.2. The fourth-order valence-electron chi connectivity index (χ4n) is 12.0. The van der Waals surface area contributed by atoms with E-state index in [1.165, 1.54) is 353 Å². The fourth-order valence-corrected chi connectivity index (χ4v) is 12.0. The van der Waals surface area contributed by atoms with Gasteiger partial charge in [0.05, 0.1) is 25.4 Å². The van der Waals surface area contributed by atoms with E-state index in [0.29, 0.717) is 19.4 Å². The lowest BCUT2D eigenvalue weighted by Crippen LogP contribution is -2.45. The van der Waals surface area contributed by atoms with Crippen LogP contribution in [0.1, 0.15) is 425 Å². The normalized spacial score (nSPS) is 12.7. The number of hydrogen-bond donors (Lipinski definition) is 3. The van der Waals surface area contributed by atoms with Crippen LogP contribution in [0.4, 0.5) is 0 Å². The van der Waals surface area contributed by atoms with Crippen LogP contribution in [0.15, 0.2) is 36.5 Å². The van der Waals surface area contributed by atoms with Crippen LogP contribution in [-0.4, -0.2) is 47.4 Å². The maximum atomic E-state index is 12.5. The second-order valence-electron chi connectivity index (χ2n) is 26.3. The third-order valence-electron chi connectivity index (χ3n) is 17.9. The van der Waals surface area contributed by atoms with Crippen LogP contribution in [0.25, 0.3) is 0 Å². The van der Waals surface area contributed by atoms with E-state index < -0.39 is 12.1 Å². The molecule has 0 fully saturated rings. The number of hydrogen-bond acceptors (Lipinski definition) is 5. The molecule has 0 aromatic heterocycles. The number of nitrogens with one attached hydrogen (secondary N) is 1. The number of amides is 1. The van der Waals surface area contributed by atoms with Crippen LogP contribution in [0, 0.1) is 0 Å². The molecule has 0 heterocycles. The highest BCUT2D eigenvalue weighted by Crippen LogP contribution is 2.19. The van der Waals surface area contributed by atoms with Gasteiger partial charge in [0, 0.05) is 12.8 Å². The van der Waals surface area contributed by atoms with Gasteiger partial charge in [0.2, 0.25) is 5.91 Å². The molecule has 2 unspecified atom stereocenters. The zero-order chi connectivity index (χ0) is 60.6. The van der Waals surface area contributed by atoms with Gasteiger partial charge in [-0.1, -0.05) is 365 Å². The zero-order valence-corrected chi connectivity index (χ0v) is 56.9. The summed E-state index contributed by atoms with van der Waals surface area (Å²) in [6, 6.07) is -0.627. The second kappa shape index (κ2) is 73.5. The molecular weight excluding hydrogens is 1030 g/mol. The standard InChI is InChI=1S/C78H149NO5/c1-3-5-7-9-11-13-15-17-19-21-22-36-39-42-46-50-54-58-62-66-70-76(81)75(74-80)79-77(82)71-67-63-59-55-51-47-43-40-37-34-32-30-28-26-24-23-25-27-29-31-33-35-38-41-45-49-53-57-61-65-69-73-84-78(83)72-68-64-60-56-52-48-44-20-18-16-14-12-10-8-6-4-2/h20,25,27,44,66,70,75-76,80-81H,3-19,21-24,26,28-43,45-65,67-69,71-74H2,1-2H3,(H,79,82)/b27-25-,44-20-,70-66+. The Hall–Kier alpha value is -1.92. The van der Waals surface area contributed by atoms with Crippen molar-refractivity contribution < 1.29 is 24.5 Å². The summed E-state index contributed by atoms with van der Waals surface area (Å²) in [5, 5.41) is 23.3. The Balaban J connectivity index is 3.38. The summed E-state index contributed by atoms with van der Waals surface area (Å²) in [5.74, 6) is -0.0513. The molecule has 496 valence electrons. The van der Waals surface area contributed by atoms with Crippen molar-refractivity contribution in [3.8, 4) is 0 Å². The number of unbranched alkanes of at least 4 members (excludes halogenated alkanes) is 57. The van der Waals surface area contributed by atoms with Crippen molar-refractivity contribution in [1.29, 1.82) is 0 Å². The average Bonchev–Trinajstić information content (AvgIpc) is 3.51. The van der Waals surface area contributed by atoms with Gasteiger partial charge in [0.1, 0.15) is 0 Å². The molecule has 6 nitrogen and oxygen atoms in total. The van der Waals surface area contributed by atoms with Gasteiger partial charge in [0.15, 0.2) is 0 Å². The predicted octanol–water partition coefficient (Wildman–Crippen LogP) is 25.0. The van der Waals surface area contributed by atoms with Crippen molar-refractivity contribution in [3.05, 3.63) is 36.5 Å². The van der Waals surface area contributed by atoms with E-state index in [-0.39, 0.29) is 18.5 Å². The van der Waals surface area contributed by atoms with Crippen LogP contribution in [0.2, 0.25) is 0 Å². The summed E-state index contributed by atoms with van der Waals surface area (Å²) < 4.78 is 5.50. The summed E-state index contributed by atoms with van der Waals surface area (Å²) in [4.78, 5) is 24.6. The van der Waals surface area contributed by atoms with Gasteiger partial charge in [-0.05, 0) is 83.5 Å². The molecule has 0 aromatic carbocycles. The molecule has 0 saturated carbocycles. The Kier molecular flexibility index (Phi) is 71.9. The minimum atomic E-state index is -0.844. The van der Waals surface area contributed by atoms with Gasteiger partial charge >= 0.3 is 5.97 Å². The number of allylic oxidation sites excluding steroid dienone is 5. The molecule has 2 atom stereocenters. The first kappa shape index (κ1) is 82.1. The zero-order valence-electron chi connectivity index (χ0n) is 56.9. The lowest BCUT2D eigenvalue weighted by Gasteiger charge is -2.20. The number of aliphatic hydroxyl groups is 2. The second-order valence-corrected chi connectivity index (χ2v) is 26.3. The number of ether oxygens (including phenoxy) is 1. The lowest BCUT2D eigenvalue weighted by atomic mass is 10.0. The molecule has 0 aliphatic heterocycles. The summed E-state index contributed by atoms with van der Waals surface area (Å²) in [6.45, 7) is 4.94. The van der Waals surface area contributed by atoms with Crippen molar-refractivity contribution in [2.75, 3.05) is 13.2 Å². The number of rotatable bonds is 72. The smallest absolute Gasteiger partial charge is 0.305 e. The number of esters is 1. The van der Waals surface area contributed by atoms with Gasteiger partial charge in [-0.3, -0.25) is 9.59 Å². The highest BCUT2D eigenvalue weighted by atomic mass is 16.5. The molecule has 3 N–H and O–H groups in total. The third-order valence-corrected chi connectivity index (χ3v) is 17.9. The Bertz CT molecular complexity index is 1360. The van der Waals surface area contributed by atoms with E-state index in [4.69, 9.17) is 4.74 Å². The summed E-state index contributed by atoms with van der Waals surface area (Å²) in [6.07, 6.45) is 95.4. The van der Waals surface area contributed by atoms with Crippen LogP contribution in [0.3, 0.4) is 0 Å². The van der Waals surface area contributed by atoms with Crippen LogP contribution < -0.4 is 5.32 Å². The Labute approximate surface area is 525 Å². The van der Waals surface area contributed by atoms with Crippen molar-refractivity contribution in [3.63, 3.8) is 0 Å². The fraction of sp³-hybridized carbons (Fsp3) is 0.897.